The lowest BCUT2D eigenvalue weighted by Crippen LogP contribution is -2.49. The maximum atomic E-state index is 13.9. The molecule has 4 rings (SSSR count). The van der Waals surface area contributed by atoms with Crippen molar-refractivity contribution < 1.29 is 22.8 Å². The Morgan fingerprint density at radius 2 is 1.69 bits per heavy atom. The van der Waals surface area contributed by atoms with E-state index in [9.17, 15) is 22.8 Å². The Morgan fingerprint density at radius 1 is 1.00 bits per heavy atom. The van der Waals surface area contributed by atoms with E-state index < -0.39 is 41.6 Å². The van der Waals surface area contributed by atoms with Crippen LogP contribution in [0.1, 0.15) is 11.1 Å². The fourth-order valence-electron chi connectivity index (χ4n) is 3.55. The van der Waals surface area contributed by atoms with Crippen LogP contribution in [0, 0.1) is 17.5 Å². The minimum Gasteiger partial charge on any atom is -0.320 e. The molecule has 0 unspecified atom stereocenters. The first kappa shape index (κ1) is 21.7. The third kappa shape index (κ3) is 4.55. The van der Waals surface area contributed by atoms with Crippen molar-refractivity contribution in [1.82, 2.24) is 4.90 Å². The van der Waals surface area contributed by atoms with E-state index in [1.54, 1.807) is 18.2 Å². The van der Waals surface area contributed by atoms with Gasteiger partial charge in [0, 0.05) is 17.2 Å². The molecule has 1 aliphatic heterocycles. The Hall–Kier alpha value is -3.52. The molecule has 1 aliphatic rings. The second kappa shape index (κ2) is 8.92. The molecule has 0 fully saturated rings. The van der Waals surface area contributed by atoms with E-state index >= 15 is 0 Å². The van der Waals surface area contributed by atoms with E-state index in [1.165, 1.54) is 9.80 Å². The Morgan fingerprint density at radius 3 is 2.38 bits per heavy atom. The van der Waals surface area contributed by atoms with Gasteiger partial charge in [0.25, 0.3) is 0 Å². The maximum absolute atomic E-state index is 13.9. The summed E-state index contributed by atoms with van der Waals surface area (Å²) in [6.45, 7) is -0.123. The van der Waals surface area contributed by atoms with E-state index in [4.69, 9.17) is 11.6 Å². The van der Waals surface area contributed by atoms with Gasteiger partial charge in [0.15, 0.2) is 11.6 Å². The van der Waals surface area contributed by atoms with Crippen LogP contribution in [0.15, 0.2) is 60.7 Å². The minimum absolute atomic E-state index is 0.0851. The molecule has 0 bridgehead atoms. The molecule has 0 aliphatic carbocycles. The normalized spacial score (nSPS) is 13.2. The number of fused-ring (bicyclic) bond motifs is 1. The second-order valence-corrected chi connectivity index (χ2v) is 7.71. The van der Waals surface area contributed by atoms with Crippen LogP contribution in [-0.4, -0.2) is 23.4 Å². The monoisotopic (exact) mass is 459 g/mol. The number of carbonyl (C=O) groups is 2. The summed E-state index contributed by atoms with van der Waals surface area (Å²) >= 11 is 6.11. The SMILES string of the molecule is O=C(CN1Cc2cc(Cl)ccc2N(Cc2ccccc2)C1=O)Nc1c(F)cc(F)cc1F. The highest BCUT2D eigenvalue weighted by Gasteiger charge is 2.32. The topological polar surface area (TPSA) is 52.7 Å². The van der Waals surface area contributed by atoms with Crippen LogP contribution < -0.4 is 10.2 Å². The number of amides is 3. The van der Waals surface area contributed by atoms with Crippen molar-refractivity contribution in [2.45, 2.75) is 13.1 Å². The molecule has 0 aromatic heterocycles. The summed E-state index contributed by atoms with van der Waals surface area (Å²) in [5, 5.41) is 2.55. The molecular formula is C23H17ClF3N3O2. The Labute approximate surface area is 187 Å². The van der Waals surface area contributed by atoms with Crippen LogP contribution in [0.5, 0.6) is 0 Å². The van der Waals surface area contributed by atoms with Crippen LogP contribution in [0.25, 0.3) is 0 Å². The van der Waals surface area contributed by atoms with Crippen molar-refractivity contribution in [1.29, 1.82) is 0 Å². The standard InChI is InChI=1S/C23H17ClF3N3O2/c24-16-6-7-20-15(8-16)12-29(23(32)30(20)11-14-4-2-1-3-5-14)13-21(31)28-22-18(26)9-17(25)10-19(22)27/h1-10H,11-13H2,(H,28,31). The summed E-state index contributed by atoms with van der Waals surface area (Å²) in [6, 6.07) is 14.9. The van der Waals surface area contributed by atoms with E-state index in [0.717, 1.165) is 11.1 Å². The zero-order valence-electron chi connectivity index (χ0n) is 16.6. The lowest BCUT2D eigenvalue weighted by molar-refractivity contribution is -0.116. The lowest BCUT2D eigenvalue weighted by atomic mass is 10.1. The van der Waals surface area contributed by atoms with E-state index in [2.05, 4.69) is 5.32 Å². The minimum atomic E-state index is -1.25. The van der Waals surface area contributed by atoms with Gasteiger partial charge in [0.05, 0.1) is 18.8 Å². The van der Waals surface area contributed by atoms with Crippen molar-refractivity contribution in [3.8, 4) is 0 Å². The number of nitrogens with zero attached hydrogens (tertiary/aromatic N) is 2. The third-order valence-corrected chi connectivity index (χ3v) is 5.22. The number of anilines is 2. The third-order valence-electron chi connectivity index (χ3n) is 4.98. The largest absolute Gasteiger partial charge is 0.325 e. The maximum Gasteiger partial charge on any atom is 0.325 e. The summed E-state index contributed by atoms with van der Waals surface area (Å²) in [5.74, 6) is -4.42. The first-order chi connectivity index (χ1) is 15.3. The summed E-state index contributed by atoms with van der Waals surface area (Å²) < 4.78 is 40.9. The van der Waals surface area contributed by atoms with Gasteiger partial charge < -0.3 is 10.2 Å². The zero-order chi connectivity index (χ0) is 22.8. The molecule has 1 heterocycles. The molecule has 0 spiro atoms. The summed E-state index contributed by atoms with van der Waals surface area (Å²) in [6.07, 6.45) is 0. The van der Waals surface area contributed by atoms with Crippen LogP contribution >= 0.6 is 11.6 Å². The van der Waals surface area contributed by atoms with Crippen molar-refractivity contribution in [3.63, 3.8) is 0 Å². The number of carbonyl (C=O) groups excluding carboxylic acids is 2. The number of benzene rings is 3. The fraction of sp³-hybridized carbons (Fsp3) is 0.130. The molecule has 1 N–H and O–H groups in total. The summed E-state index contributed by atoms with van der Waals surface area (Å²) in [5.41, 5.74) is 1.49. The molecule has 32 heavy (non-hydrogen) atoms. The molecule has 0 saturated carbocycles. The van der Waals surface area contributed by atoms with E-state index in [0.29, 0.717) is 22.8 Å². The molecule has 3 aromatic rings. The number of halogens is 4. The van der Waals surface area contributed by atoms with E-state index in [1.807, 2.05) is 30.3 Å². The van der Waals surface area contributed by atoms with Crippen LogP contribution in [0.3, 0.4) is 0 Å². The second-order valence-electron chi connectivity index (χ2n) is 7.28. The Bertz CT molecular complexity index is 1170. The van der Waals surface area contributed by atoms with Gasteiger partial charge in [-0.05, 0) is 29.3 Å². The van der Waals surface area contributed by atoms with Gasteiger partial charge in [-0.2, -0.15) is 0 Å². The van der Waals surface area contributed by atoms with Gasteiger partial charge >= 0.3 is 6.03 Å². The number of urea groups is 1. The highest BCUT2D eigenvalue weighted by molar-refractivity contribution is 6.30. The average Bonchev–Trinajstić information content (AvgIpc) is 2.74. The predicted octanol–water partition coefficient (Wildman–Crippen LogP) is 5.34. The van der Waals surface area contributed by atoms with E-state index in [-0.39, 0.29) is 13.1 Å². The molecule has 3 amide bonds. The predicted molar refractivity (Wildman–Crippen MR) is 115 cm³/mol. The van der Waals surface area contributed by atoms with Crippen LogP contribution in [0.4, 0.5) is 29.3 Å². The summed E-state index contributed by atoms with van der Waals surface area (Å²) in [4.78, 5) is 28.4. The molecule has 9 heteroatoms. The fourth-order valence-corrected chi connectivity index (χ4v) is 3.74. The molecule has 5 nitrogen and oxygen atoms in total. The molecule has 164 valence electrons. The number of rotatable bonds is 5. The van der Waals surface area contributed by atoms with Crippen molar-refractivity contribution in [2.24, 2.45) is 0 Å². The number of nitrogens with one attached hydrogen (secondary N) is 1. The highest BCUT2D eigenvalue weighted by Crippen LogP contribution is 2.32. The van der Waals surface area contributed by atoms with Gasteiger partial charge in [-0.3, -0.25) is 9.69 Å². The van der Waals surface area contributed by atoms with Crippen molar-refractivity contribution >= 4 is 34.9 Å². The van der Waals surface area contributed by atoms with Gasteiger partial charge in [0.2, 0.25) is 5.91 Å². The van der Waals surface area contributed by atoms with Gasteiger partial charge in [-0.1, -0.05) is 41.9 Å². The molecule has 0 atom stereocenters. The number of hydrogen-bond acceptors (Lipinski definition) is 2. The smallest absolute Gasteiger partial charge is 0.320 e. The first-order valence-corrected chi connectivity index (χ1v) is 10.0. The van der Waals surface area contributed by atoms with Crippen molar-refractivity contribution in [3.05, 3.63) is 94.3 Å². The molecule has 0 saturated heterocycles. The highest BCUT2D eigenvalue weighted by atomic mass is 35.5. The Kier molecular flexibility index (Phi) is 6.05. The molecular weight excluding hydrogens is 443 g/mol. The summed E-state index contributed by atoms with van der Waals surface area (Å²) in [7, 11) is 0. The average molecular weight is 460 g/mol. The van der Waals surface area contributed by atoms with Gasteiger partial charge in [-0.15, -0.1) is 0 Å². The van der Waals surface area contributed by atoms with Crippen LogP contribution in [-0.2, 0) is 17.9 Å². The van der Waals surface area contributed by atoms with Crippen molar-refractivity contribution in [2.75, 3.05) is 16.8 Å². The quantitative estimate of drug-likeness (QED) is 0.560. The number of hydrogen-bond donors (Lipinski definition) is 1. The van der Waals surface area contributed by atoms with Crippen LogP contribution in [0.2, 0.25) is 5.02 Å². The Balaban J connectivity index is 1.58. The van der Waals surface area contributed by atoms with Gasteiger partial charge in [0.1, 0.15) is 18.0 Å². The lowest BCUT2D eigenvalue weighted by Gasteiger charge is -2.37. The first-order valence-electron chi connectivity index (χ1n) is 9.65. The molecule has 3 aromatic carbocycles. The van der Waals surface area contributed by atoms with Gasteiger partial charge in [-0.25, -0.2) is 18.0 Å². The molecule has 0 radical (unpaired) electrons. The zero-order valence-corrected chi connectivity index (χ0v) is 17.4.